The lowest BCUT2D eigenvalue weighted by Crippen LogP contribution is -2.20. The average Bonchev–Trinajstić information content (AvgIpc) is 2.78. The van der Waals surface area contributed by atoms with E-state index in [1.165, 1.54) is 26.4 Å². The van der Waals surface area contributed by atoms with Gasteiger partial charge in [-0.2, -0.15) is 0 Å². The first-order valence-corrected chi connectivity index (χ1v) is 10.7. The van der Waals surface area contributed by atoms with Gasteiger partial charge in [-0.1, -0.05) is 18.2 Å². The van der Waals surface area contributed by atoms with Gasteiger partial charge in [0.05, 0.1) is 19.1 Å². The highest BCUT2D eigenvalue weighted by Gasteiger charge is 2.16. The van der Waals surface area contributed by atoms with Crippen molar-refractivity contribution in [2.24, 2.45) is 0 Å². The van der Waals surface area contributed by atoms with E-state index in [9.17, 15) is 13.2 Å². The number of hydrogen-bond acceptors (Lipinski definition) is 6. The van der Waals surface area contributed by atoms with Crippen molar-refractivity contribution >= 4 is 27.3 Å². The Morgan fingerprint density at radius 3 is 2.23 bits per heavy atom. The van der Waals surface area contributed by atoms with Gasteiger partial charge in [-0.3, -0.25) is 9.52 Å². The van der Waals surface area contributed by atoms with Gasteiger partial charge >= 0.3 is 0 Å². The van der Waals surface area contributed by atoms with Crippen molar-refractivity contribution < 1.29 is 27.4 Å². The third-order valence-electron chi connectivity index (χ3n) is 4.20. The van der Waals surface area contributed by atoms with E-state index >= 15 is 0 Å². The topological polar surface area (TPSA) is 103 Å². The number of carbonyl (C=O) groups excluding carboxylic acids is 1. The molecule has 1 amide bonds. The van der Waals surface area contributed by atoms with E-state index in [0.29, 0.717) is 28.6 Å². The summed E-state index contributed by atoms with van der Waals surface area (Å²) in [6, 6.07) is 19.4. The van der Waals surface area contributed by atoms with E-state index in [0.717, 1.165) is 0 Å². The van der Waals surface area contributed by atoms with Gasteiger partial charge in [-0.05, 0) is 54.6 Å². The molecule has 0 atom stereocenters. The zero-order valence-corrected chi connectivity index (χ0v) is 17.8. The largest absolute Gasteiger partial charge is 0.497 e. The SMILES string of the molecule is COc1ccc(NS(=O)(=O)c2cccc(NC(=O)COc3ccccc3OC)c2)cc1. The van der Waals surface area contributed by atoms with Crippen LogP contribution in [0.25, 0.3) is 0 Å². The van der Waals surface area contributed by atoms with Crippen LogP contribution in [0.1, 0.15) is 0 Å². The zero-order valence-electron chi connectivity index (χ0n) is 17.0. The van der Waals surface area contributed by atoms with Crippen molar-refractivity contribution in [3.8, 4) is 17.2 Å². The molecule has 31 heavy (non-hydrogen) atoms. The van der Waals surface area contributed by atoms with Crippen LogP contribution >= 0.6 is 0 Å². The van der Waals surface area contributed by atoms with Crippen LogP contribution in [-0.4, -0.2) is 35.2 Å². The van der Waals surface area contributed by atoms with Crippen LogP contribution in [0.2, 0.25) is 0 Å². The summed E-state index contributed by atoms with van der Waals surface area (Å²) < 4.78 is 43.6. The first kappa shape index (κ1) is 22.0. The summed E-state index contributed by atoms with van der Waals surface area (Å²) in [4.78, 5) is 12.3. The number of rotatable bonds is 9. The monoisotopic (exact) mass is 442 g/mol. The lowest BCUT2D eigenvalue weighted by Gasteiger charge is -2.12. The summed E-state index contributed by atoms with van der Waals surface area (Å²) in [5.41, 5.74) is 0.715. The highest BCUT2D eigenvalue weighted by Crippen LogP contribution is 2.26. The Labute approximate surface area is 180 Å². The molecule has 0 saturated carbocycles. The Morgan fingerprint density at radius 1 is 0.839 bits per heavy atom. The van der Waals surface area contributed by atoms with Crippen LogP contribution in [0.4, 0.5) is 11.4 Å². The van der Waals surface area contributed by atoms with Crippen LogP contribution in [0.15, 0.2) is 77.7 Å². The molecule has 3 aromatic rings. The van der Waals surface area contributed by atoms with Gasteiger partial charge in [0.2, 0.25) is 0 Å². The molecule has 0 fully saturated rings. The molecule has 0 aliphatic carbocycles. The lowest BCUT2D eigenvalue weighted by atomic mass is 10.3. The number of amides is 1. The summed E-state index contributed by atoms with van der Waals surface area (Å²) in [7, 11) is -0.809. The fraction of sp³-hybridized carbons (Fsp3) is 0.136. The number of ether oxygens (including phenoxy) is 3. The van der Waals surface area contributed by atoms with Gasteiger partial charge in [0.15, 0.2) is 18.1 Å². The lowest BCUT2D eigenvalue weighted by molar-refractivity contribution is -0.118. The molecule has 3 aromatic carbocycles. The van der Waals surface area contributed by atoms with E-state index < -0.39 is 15.9 Å². The predicted octanol–water partition coefficient (Wildman–Crippen LogP) is 3.52. The van der Waals surface area contributed by atoms with Crippen LogP contribution in [0.5, 0.6) is 17.2 Å². The van der Waals surface area contributed by atoms with Crippen molar-refractivity contribution in [3.05, 3.63) is 72.8 Å². The third-order valence-corrected chi connectivity index (χ3v) is 5.58. The third kappa shape index (κ3) is 5.89. The molecule has 0 spiro atoms. The van der Waals surface area contributed by atoms with Crippen LogP contribution in [0.3, 0.4) is 0 Å². The number of sulfonamides is 1. The van der Waals surface area contributed by atoms with Gasteiger partial charge in [0, 0.05) is 11.4 Å². The van der Waals surface area contributed by atoms with E-state index in [1.807, 2.05) is 0 Å². The summed E-state index contributed by atoms with van der Waals surface area (Å²) in [6.07, 6.45) is 0. The first-order chi connectivity index (χ1) is 14.9. The average molecular weight is 442 g/mol. The summed E-state index contributed by atoms with van der Waals surface area (Å²) in [5, 5.41) is 2.63. The molecule has 0 unspecified atom stereocenters. The Kier molecular flexibility index (Phi) is 6.99. The van der Waals surface area contributed by atoms with E-state index in [-0.39, 0.29) is 11.5 Å². The number of anilines is 2. The second-order valence-corrected chi connectivity index (χ2v) is 8.03. The maximum absolute atomic E-state index is 12.7. The van der Waals surface area contributed by atoms with Gasteiger partial charge in [-0.25, -0.2) is 8.42 Å². The number of carbonyl (C=O) groups is 1. The standard InChI is InChI=1S/C22H22N2O6S/c1-28-18-12-10-16(11-13-18)24-31(26,27)19-7-5-6-17(14-19)23-22(25)15-30-21-9-4-3-8-20(21)29-2/h3-14,24H,15H2,1-2H3,(H,23,25). The Morgan fingerprint density at radius 2 is 1.55 bits per heavy atom. The molecule has 3 rings (SSSR count). The summed E-state index contributed by atoms with van der Waals surface area (Å²) in [5.74, 6) is 1.11. The fourth-order valence-corrected chi connectivity index (χ4v) is 3.80. The van der Waals surface area contributed by atoms with Gasteiger partial charge in [-0.15, -0.1) is 0 Å². The van der Waals surface area contributed by atoms with Gasteiger partial charge in [0.25, 0.3) is 15.9 Å². The van der Waals surface area contributed by atoms with E-state index in [1.54, 1.807) is 60.7 Å². The van der Waals surface area contributed by atoms with Crippen molar-refractivity contribution in [1.29, 1.82) is 0 Å². The van der Waals surface area contributed by atoms with Gasteiger partial charge in [0.1, 0.15) is 5.75 Å². The molecule has 0 aromatic heterocycles. The second-order valence-electron chi connectivity index (χ2n) is 6.35. The predicted molar refractivity (Wildman–Crippen MR) is 117 cm³/mol. The highest BCUT2D eigenvalue weighted by atomic mass is 32.2. The summed E-state index contributed by atoms with van der Waals surface area (Å²) in [6.45, 7) is -0.262. The van der Waals surface area contributed by atoms with Crippen molar-refractivity contribution in [2.45, 2.75) is 4.90 Å². The highest BCUT2D eigenvalue weighted by molar-refractivity contribution is 7.92. The van der Waals surface area contributed by atoms with Gasteiger partial charge < -0.3 is 19.5 Å². The van der Waals surface area contributed by atoms with Crippen LogP contribution in [-0.2, 0) is 14.8 Å². The van der Waals surface area contributed by atoms with E-state index in [2.05, 4.69) is 10.0 Å². The molecule has 0 heterocycles. The smallest absolute Gasteiger partial charge is 0.262 e. The molecular formula is C22H22N2O6S. The number of hydrogen-bond donors (Lipinski definition) is 2. The maximum atomic E-state index is 12.7. The maximum Gasteiger partial charge on any atom is 0.262 e. The number of nitrogens with one attached hydrogen (secondary N) is 2. The normalized spacial score (nSPS) is 10.8. The number of benzene rings is 3. The quantitative estimate of drug-likeness (QED) is 0.526. The molecule has 9 heteroatoms. The molecule has 0 aliphatic heterocycles. The Balaban J connectivity index is 1.65. The second kappa shape index (κ2) is 9.86. The summed E-state index contributed by atoms with van der Waals surface area (Å²) >= 11 is 0. The Bertz CT molecular complexity index is 1150. The molecular weight excluding hydrogens is 420 g/mol. The Hall–Kier alpha value is -3.72. The van der Waals surface area contributed by atoms with Crippen molar-refractivity contribution in [2.75, 3.05) is 30.9 Å². The zero-order chi connectivity index (χ0) is 22.3. The molecule has 0 aliphatic rings. The minimum atomic E-state index is -3.85. The molecule has 2 N–H and O–H groups in total. The van der Waals surface area contributed by atoms with Crippen LogP contribution in [0, 0.1) is 0 Å². The molecule has 0 saturated heterocycles. The van der Waals surface area contributed by atoms with Crippen LogP contribution < -0.4 is 24.2 Å². The minimum absolute atomic E-state index is 0.00626. The first-order valence-electron chi connectivity index (χ1n) is 9.24. The molecule has 0 radical (unpaired) electrons. The van der Waals surface area contributed by atoms with Crippen molar-refractivity contribution in [1.82, 2.24) is 0 Å². The fourth-order valence-electron chi connectivity index (χ4n) is 2.69. The molecule has 162 valence electrons. The molecule has 8 nitrogen and oxygen atoms in total. The molecule has 0 bridgehead atoms. The van der Waals surface area contributed by atoms with E-state index in [4.69, 9.17) is 14.2 Å². The van der Waals surface area contributed by atoms with Crippen molar-refractivity contribution in [3.63, 3.8) is 0 Å². The number of para-hydroxylation sites is 2. The minimum Gasteiger partial charge on any atom is -0.497 e. The number of methoxy groups -OCH3 is 2.